The zero-order valence-electron chi connectivity index (χ0n) is 8.40. The number of hydrogen-bond donors (Lipinski definition) is 2. The monoisotopic (exact) mass is 231 g/mol. The first-order valence-electron chi connectivity index (χ1n) is 4.87. The second-order valence-corrected chi connectivity index (χ2v) is 5.35. The van der Waals surface area contributed by atoms with Crippen molar-refractivity contribution >= 4 is 23.1 Å². The van der Waals surface area contributed by atoms with Crippen molar-refractivity contribution in [2.24, 2.45) is 0 Å². The van der Waals surface area contributed by atoms with E-state index in [1.54, 1.807) is 11.3 Å². The smallest absolute Gasteiger partial charge is 0.0598 e. The lowest BCUT2D eigenvalue weighted by Crippen LogP contribution is -2.32. The van der Waals surface area contributed by atoms with Gasteiger partial charge in [-0.25, -0.2) is 0 Å². The Kier molecular flexibility index (Phi) is 6.27. The highest BCUT2D eigenvalue weighted by Gasteiger charge is 2.05. The SMILES string of the molecule is CCNC(CO)CCSc1cccs1. The standard InChI is InChI=1S/C10H17NOS2/c1-2-11-9(8-12)5-7-14-10-4-3-6-13-10/h3-4,6,9,11-12H,2,5,7-8H2,1H3. The molecule has 0 radical (unpaired) electrons. The number of hydrogen-bond acceptors (Lipinski definition) is 4. The zero-order valence-corrected chi connectivity index (χ0v) is 10.0. The van der Waals surface area contributed by atoms with Gasteiger partial charge >= 0.3 is 0 Å². The van der Waals surface area contributed by atoms with E-state index in [9.17, 15) is 0 Å². The molecule has 80 valence electrons. The summed E-state index contributed by atoms with van der Waals surface area (Å²) in [7, 11) is 0. The van der Waals surface area contributed by atoms with Gasteiger partial charge in [0.2, 0.25) is 0 Å². The normalized spacial score (nSPS) is 13.0. The summed E-state index contributed by atoms with van der Waals surface area (Å²) in [4.78, 5) is 0. The Balaban J connectivity index is 2.13. The van der Waals surface area contributed by atoms with Crippen molar-refractivity contribution < 1.29 is 5.11 Å². The van der Waals surface area contributed by atoms with Gasteiger partial charge in [0, 0.05) is 11.8 Å². The number of rotatable bonds is 7. The van der Waals surface area contributed by atoms with Gasteiger partial charge in [-0.1, -0.05) is 13.0 Å². The van der Waals surface area contributed by atoms with Crippen LogP contribution in [0.4, 0.5) is 0 Å². The van der Waals surface area contributed by atoms with Crippen molar-refractivity contribution in [3.63, 3.8) is 0 Å². The molecular formula is C10H17NOS2. The van der Waals surface area contributed by atoms with Gasteiger partial charge in [0.1, 0.15) is 0 Å². The Hall–Kier alpha value is -0.0300. The van der Waals surface area contributed by atoms with Crippen molar-refractivity contribution in [2.45, 2.75) is 23.6 Å². The van der Waals surface area contributed by atoms with Crippen LogP contribution in [0.3, 0.4) is 0 Å². The van der Waals surface area contributed by atoms with Crippen LogP contribution in [0.2, 0.25) is 0 Å². The number of likely N-dealkylation sites (N-methyl/N-ethyl adjacent to an activating group) is 1. The summed E-state index contributed by atoms with van der Waals surface area (Å²) < 4.78 is 1.36. The van der Waals surface area contributed by atoms with Crippen molar-refractivity contribution in [3.05, 3.63) is 17.5 Å². The molecule has 0 aliphatic rings. The topological polar surface area (TPSA) is 32.3 Å². The third-order valence-corrected chi connectivity index (χ3v) is 4.08. The molecule has 0 aliphatic carbocycles. The van der Waals surface area contributed by atoms with E-state index in [-0.39, 0.29) is 12.6 Å². The molecular weight excluding hydrogens is 214 g/mol. The first-order chi connectivity index (χ1) is 6.86. The fourth-order valence-corrected chi connectivity index (χ4v) is 3.11. The lowest BCUT2D eigenvalue weighted by Gasteiger charge is -2.13. The van der Waals surface area contributed by atoms with Crippen LogP contribution in [0.25, 0.3) is 0 Å². The average Bonchev–Trinajstić information content (AvgIpc) is 2.69. The third-order valence-electron chi connectivity index (χ3n) is 1.92. The zero-order chi connectivity index (χ0) is 10.2. The molecule has 2 nitrogen and oxygen atoms in total. The molecule has 0 saturated carbocycles. The summed E-state index contributed by atoms with van der Waals surface area (Å²) in [6.07, 6.45) is 1.02. The van der Waals surface area contributed by atoms with E-state index in [1.165, 1.54) is 4.21 Å². The van der Waals surface area contributed by atoms with Crippen molar-refractivity contribution in [2.75, 3.05) is 18.9 Å². The number of thiophene rings is 1. The van der Waals surface area contributed by atoms with Crippen LogP contribution in [-0.4, -0.2) is 30.1 Å². The van der Waals surface area contributed by atoms with Crippen LogP contribution >= 0.6 is 23.1 Å². The number of nitrogens with one attached hydrogen (secondary N) is 1. The van der Waals surface area contributed by atoms with E-state index in [0.29, 0.717) is 0 Å². The van der Waals surface area contributed by atoms with Crippen LogP contribution in [0.15, 0.2) is 21.7 Å². The molecule has 0 spiro atoms. The van der Waals surface area contributed by atoms with Crippen molar-refractivity contribution in [1.82, 2.24) is 5.32 Å². The van der Waals surface area contributed by atoms with Crippen LogP contribution in [0, 0.1) is 0 Å². The van der Waals surface area contributed by atoms with Crippen LogP contribution in [0.5, 0.6) is 0 Å². The Morgan fingerprint density at radius 3 is 3.07 bits per heavy atom. The Labute approximate surface area is 93.7 Å². The number of thioether (sulfide) groups is 1. The van der Waals surface area contributed by atoms with E-state index < -0.39 is 0 Å². The largest absolute Gasteiger partial charge is 0.395 e. The highest BCUT2D eigenvalue weighted by Crippen LogP contribution is 2.24. The third kappa shape index (κ3) is 4.46. The molecule has 1 heterocycles. The molecule has 0 amide bonds. The second-order valence-electron chi connectivity index (χ2n) is 3.01. The predicted octanol–water partition coefficient (Wildman–Crippen LogP) is 2.20. The average molecular weight is 231 g/mol. The van der Waals surface area contributed by atoms with E-state index in [2.05, 4.69) is 29.8 Å². The quantitative estimate of drug-likeness (QED) is 0.706. The second kappa shape index (κ2) is 7.29. The number of aliphatic hydroxyl groups is 1. The van der Waals surface area contributed by atoms with E-state index in [4.69, 9.17) is 5.11 Å². The van der Waals surface area contributed by atoms with Gasteiger partial charge in [-0.15, -0.1) is 23.1 Å². The van der Waals surface area contributed by atoms with Crippen LogP contribution in [0.1, 0.15) is 13.3 Å². The molecule has 0 saturated heterocycles. The molecule has 1 rings (SSSR count). The van der Waals surface area contributed by atoms with Crippen molar-refractivity contribution in [3.8, 4) is 0 Å². The van der Waals surface area contributed by atoms with Gasteiger partial charge in [0.25, 0.3) is 0 Å². The molecule has 1 aromatic heterocycles. The fourth-order valence-electron chi connectivity index (χ4n) is 1.19. The summed E-state index contributed by atoms with van der Waals surface area (Å²) >= 11 is 3.64. The van der Waals surface area contributed by atoms with Crippen molar-refractivity contribution in [1.29, 1.82) is 0 Å². The molecule has 4 heteroatoms. The Morgan fingerprint density at radius 1 is 1.64 bits per heavy atom. The fraction of sp³-hybridized carbons (Fsp3) is 0.600. The first-order valence-corrected chi connectivity index (χ1v) is 6.74. The van der Waals surface area contributed by atoms with Gasteiger partial charge in [0.05, 0.1) is 10.8 Å². The molecule has 1 unspecified atom stereocenters. The molecule has 0 bridgehead atoms. The van der Waals surface area contributed by atoms with Gasteiger partial charge in [0.15, 0.2) is 0 Å². The highest BCUT2D eigenvalue weighted by molar-refractivity contribution is 8.01. The van der Waals surface area contributed by atoms with E-state index in [1.807, 2.05) is 11.8 Å². The maximum atomic E-state index is 9.05. The van der Waals surface area contributed by atoms with Crippen LogP contribution in [-0.2, 0) is 0 Å². The number of aliphatic hydroxyl groups excluding tert-OH is 1. The minimum Gasteiger partial charge on any atom is -0.395 e. The maximum Gasteiger partial charge on any atom is 0.0598 e. The van der Waals surface area contributed by atoms with Gasteiger partial charge in [-0.05, 0) is 24.4 Å². The summed E-state index contributed by atoms with van der Waals surface area (Å²) in [5, 5.41) is 14.4. The minimum atomic E-state index is 0.235. The molecule has 1 atom stereocenters. The maximum absolute atomic E-state index is 9.05. The minimum absolute atomic E-state index is 0.235. The summed E-state index contributed by atoms with van der Waals surface area (Å²) in [6.45, 7) is 3.23. The van der Waals surface area contributed by atoms with Gasteiger partial charge < -0.3 is 10.4 Å². The van der Waals surface area contributed by atoms with Crippen LogP contribution < -0.4 is 5.32 Å². The molecule has 1 aromatic rings. The van der Waals surface area contributed by atoms with Gasteiger partial charge in [-0.2, -0.15) is 0 Å². The lowest BCUT2D eigenvalue weighted by atomic mass is 10.2. The first kappa shape index (κ1) is 12.0. The molecule has 0 aliphatic heterocycles. The summed E-state index contributed by atoms with van der Waals surface area (Å²) in [5.74, 6) is 1.07. The van der Waals surface area contributed by atoms with Gasteiger partial charge in [-0.3, -0.25) is 0 Å². The van der Waals surface area contributed by atoms with E-state index in [0.717, 1.165) is 18.7 Å². The lowest BCUT2D eigenvalue weighted by molar-refractivity contribution is 0.242. The van der Waals surface area contributed by atoms with E-state index >= 15 is 0 Å². The highest BCUT2D eigenvalue weighted by atomic mass is 32.2. The molecule has 0 aromatic carbocycles. The summed E-state index contributed by atoms with van der Waals surface area (Å²) in [6, 6.07) is 4.46. The summed E-state index contributed by atoms with van der Waals surface area (Å²) in [5.41, 5.74) is 0. The predicted molar refractivity (Wildman–Crippen MR) is 64.2 cm³/mol. The Morgan fingerprint density at radius 2 is 2.50 bits per heavy atom. The molecule has 14 heavy (non-hydrogen) atoms. The Bertz CT molecular complexity index is 226. The molecule has 0 fully saturated rings. The molecule has 2 N–H and O–H groups in total.